The Bertz CT molecular complexity index is 642. The molecule has 2 fully saturated rings. The lowest BCUT2D eigenvalue weighted by atomic mass is 9.61. The first-order valence-electron chi connectivity index (χ1n) is 9.61. The highest BCUT2D eigenvalue weighted by Crippen LogP contribution is 2.45. The molecule has 138 valence electrons. The van der Waals surface area contributed by atoms with Crippen LogP contribution in [0.1, 0.15) is 62.5 Å². The number of aldehydes is 4. The fourth-order valence-electron chi connectivity index (χ4n) is 5.07. The minimum absolute atomic E-state index is 0.329. The molecule has 4 atom stereocenters. The second-order valence-electron chi connectivity index (χ2n) is 7.87. The van der Waals surface area contributed by atoms with Crippen molar-refractivity contribution in [2.24, 2.45) is 11.8 Å². The van der Waals surface area contributed by atoms with E-state index >= 15 is 0 Å². The Morgan fingerprint density at radius 1 is 0.731 bits per heavy atom. The summed E-state index contributed by atoms with van der Waals surface area (Å²) in [6.45, 7) is 0. The van der Waals surface area contributed by atoms with Crippen LogP contribution in [-0.2, 0) is 30.0 Å². The van der Waals surface area contributed by atoms with E-state index in [4.69, 9.17) is 0 Å². The molecule has 0 bridgehead atoms. The summed E-state index contributed by atoms with van der Waals surface area (Å²) in [6.07, 6.45) is 10.1. The number of rotatable bonds is 6. The Morgan fingerprint density at radius 2 is 1.19 bits per heavy atom. The van der Waals surface area contributed by atoms with Crippen LogP contribution in [0.5, 0.6) is 0 Å². The van der Waals surface area contributed by atoms with Crippen molar-refractivity contribution in [3.8, 4) is 0 Å². The minimum Gasteiger partial charge on any atom is -0.303 e. The maximum atomic E-state index is 12.1. The Morgan fingerprint density at radius 3 is 1.58 bits per heavy atom. The molecule has 0 spiro atoms. The van der Waals surface area contributed by atoms with Gasteiger partial charge in [0.2, 0.25) is 0 Å². The highest BCUT2D eigenvalue weighted by molar-refractivity contribution is 5.79. The summed E-state index contributed by atoms with van der Waals surface area (Å²) in [6, 6.07) is 7.54. The van der Waals surface area contributed by atoms with Gasteiger partial charge in [0.25, 0.3) is 0 Å². The molecule has 0 aromatic heterocycles. The average Bonchev–Trinajstić information content (AvgIpc) is 2.73. The van der Waals surface area contributed by atoms with Crippen molar-refractivity contribution in [2.45, 2.75) is 62.2 Å². The summed E-state index contributed by atoms with van der Waals surface area (Å²) in [5.41, 5.74) is -0.0203. The maximum Gasteiger partial charge on any atom is 0.131 e. The molecule has 1 aromatic rings. The van der Waals surface area contributed by atoms with Crippen LogP contribution >= 0.6 is 0 Å². The van der Waals surface area contributed by atoms with Gasteiger partial charge in [-0.05, 0) is 36.8 Å². The Kier molecular flexibility index (Phi) is 5.49. The van der Waals surface area contributed by atoms with E-state index in [9.17, 15) is 19.2 Å². The number of benzene rings is 1. The van der Waals surface area contributed by atoms with Crippen LogP contribution in [0.2, 0.25) is 0 Å². The predicted octanol–water partition coefficient (Wildman–Crippen LogP) is 3.34. The molecule has 4 nitrogen and oxygen atoms in total. The van der Waals surface area contributed by atoms with Crippen LogP contribution in [0, 0.1) is 11.8 Å². The van der Waals surface area contributed by atoms with E-state index in [1.165, 1.54) is 0 Å². The molecule has 2 saturated carbocycles. The SMILES string of the molecule is O=CC1CCCCC1(C=O)c1cccc(C2(C=O)CCCCC2C=O)c1. The van der Waals surface area contributed by atoms with Crippen LogP contribution in [0.3, 0.4) is 0 Å². The predicted molar refractivity (Wildman–Crippen MR) is 98.0 cm³/mol. The van der Waals surface area contributed by atoms with Crippen LogP contribution in [-0.4, -0.2) is 25.1 Å². The van der Waals surface area contributed by atoms with Crippen LogP contribution < -0.4 is 0 Å². The molecule has 3 rings (SSSR count). The second kappa shape index (κ2) is 7.65. The highest BCUT2D eigenvalue weighted by atomic mass is 16.1. The lowest BCUT2D eigenvalue weighted by molar-refractivity contribution is -0.123. The summed E-state index contributed by atoms with van der Waals surface area (Å²) < 4.78 is 0. The molecule has 2 aliphatic carbocycles. The first kappa shape index (κ1) is 18.7. The average molecular weight is 354 g/mol. The Balaban J connectivity index is 2.09. The smallest absolute Gasteiger partial charge is 0.131 e. The molecular formula is C22H26O4. The van der Waals surface area contributed by atoms with E-state index in [0.29, 0.717) is 25.7 Å². The van der Waals surface area contributed by atoms with Crippen molar-refractivity contribution in [1.82, 2.24) is 0 Å². The van der Waals surface area contributed by atoms with Crippen molar-refractivity contribution in [1.29, 1.82) is 0 Å². The summed E-state index contributed by atoms with van der Waals surface area (Å²) in [4.78, 5) is 47.6. The molecule has 2 aliphatic rings. The second-order valence-corrected chi connectivity index (χ2v) is 7.87. The highest BCUT2D eigenvalue weighted by Gasteiger charge is 2.45. The van der Waals surface area contributed by atoms with E-state index in [0.717, 1.165) is 62.0 Å². The van der Waals surface area contributed by atoms with Crippen molar-refractivity contribution in [3.63, 3.8) is 0 Å². The van der Waals surface area contributed by atoms with Gasteiger partial charge in [-0.25, -0.2) is 0 Å². The Labute approximate surface area is 154 Å². The molecule has 0 N–H and O–H groups in total. The molecular weight excluding hydrogens is 328 g/mol. The van der Waals surface area contributed by atoms with E-state index < -0.39 is 10.8 Å². The largest absolute Gasteiger partial charge is 0.303 e. The van der Waals surface area contributed by atoms with Crippen molar-refractivity contribution >= 4 is 25.1 Å². The maximum absolute atomic E-state index is 12.1. The van der Waals surface area contributed by atoms with Gasteiger partial charge >= 0.3 is 0 Å². The molecule has 0 amide bonds. The third-order valence-electron chi connectivity index (χ3n) is 6.72. The van der Waals surface area contributed by atoms with E-state index in [2.05, 4.69) is 0 Å². The molecule has 26 heavy (non-hydrogen) atoms. The number of hydrogen-bond acceptors (Lipinski definition) is 4. The van der Waals surface area contributed by atoms with Crippen LogP contribution in [0.25, 0.3) is 0 Å². The van der Waals surface area contributed by atoms with Gasteiger partial charge in [-0.2, -0.15) is 0 Å². The first-order valence-corrected chi connectivity index (χ1v) is 9.61. The zero-order valence-corrected chi connectivity index (χ0v) is 15.1. The lowest BCUT2D eigenvalue weighted by Gasteiger charge is -2.40. The van der Waals surface area contributed by atoms with Crippen molar-refractivity contribution in [2.75, 3.05) is 0 Å². The normalized spacial score (nSPS) is 34.6. The van der Waals surface area contributed by atoms with Gasteiger partial charge in [-0.15, -0.1) is 0 Å². The molecule has 1 aromatic carbocycles. The van der Waals surface area contributed by atoms with Gasteiger partial charge < -0.3 is 19.2 Å². The molecule has 4 unspecified atom stereocenters. The van der Waals surface area contributed by atoms with Gasteiger partial charge in [0.15, 0.2) is 0 Å². The Hall–Kier alpha value is -2.10. The first-order chi connectivity index (χ1) is 12.7. The van der Waals surface area contributed by atoms with Gasteiger partial charge in [-0.3, -0.25) is 0 Å². The third-order valence-corrected chi connectivity index (χ3v) is 6.72. The third kappa shape index (κ3) is 2.85. The molecule has 0 heterocycles. The van der Waals surface area contributed by atoms with E-state index in [1.807, 2.05) is 24.3 Å². The fraction of sp³-hybridized carbons (Fsp3) is 0.545. The van der Waals surface area contributed by atoms with E-state index in [1.54, 1.807) is 0 Å². The van der Waals surface area contributed by atoms with Gasteiger partial charge in [-0.1, -0.05) is 49.9 Å². The molecule has 0 aliphatic heterocycles. The topological polar surface area (TPSA) is 68.3 Å². The number of carbonyl (C=O) groups excluding carboxylic acids is 4. The summed E-state index contributed by atoms with van der Waals surface area (Å²) in [5.74, 6) is -0.659. The van der Waals surface area contributed by atoms with Crippen LogP contribution in [0.15, 0.2) is 24.3 Å². The van der Waals surface area contributed by atoms with Gasteiger partial charge in [0.1, 0.15) is 25.1 Å². The lowest BCUT2D eigenvalue weighted by Crippen LogP contribution is -2.43. The van der Waals surface area contributed by atoms with Gasteiger partial charge in [0, 0.05) is 11.8 Å². The molecule has 4 heteroatoms. The zero-order chi connectivity index (χ0) is 18.6. The standard InChI is InChI=1S/C22H26O4/c23-13-19-6-1-3-10-21(19,15-25)17-8-5-9-18(12-17)22(16-26)11-4-2-7-20(22)14-24/h5,8-9,12-16,19-20H,1-4,6-7,10-11H2. The van der Waals surface area contributed by atoms with Crippen molar-refractivity contribution < 1.29 is 19.2 Å². The zero-order valence-electron chi connectivity index (χ0n) is 15.1. The molecule has 0 radical (unpaired) electrons. The monoisotopic (exact) mass is 354 g/mol. The van der Waals surface area contributed by atoms with Gasteiger partial charge in [0.05, 0.1) is 10.8 Å². The van der Waals surface area contributed by atoms with Crippen LogP contribution in [0.4, 0.5) is 0 Å². The number of hydrogen-bond donors (Lipinski definition) is 0. The quantitative estimate of drug-likeness (QED) is 0.735. The summed E-state index contributed by atoms with van der Waals surface area (Å²) in [7, 11) is 0. The number of carbonyl (C=O) groups is 4. The van der Waals surface area contributed by atoms with Crippen molar-refractivity contribution in [3.05, 3.63) is 35.4 Å². The molecule has 0 saturated heterocycles. The fourth-order valence-corrected chi connectivity index (χ4v) is 5.07. The summed E-state index contributed by atoms with van der Waals surface area (Å²) in [5, 5.41) is 0. The van der Waals surface area contributed by atoms with E-state index in [-0.39, 0.29) is 11.8 Å². The minimum atomic E-state index is -0.814. The summed E-state index contributed by atoms with van der Waals surface area (Å²) >= 11 is 0.